The SMILES string of the molecule is CCCNC(=O)c1ccc2onc(-c3coc(C4CC4)n3)c2c1. The average Bonchev–Trinajstić information content (AvgIpc) is 3.16. The number of rotatable bonds is 5. The van der Waals surface area contributed by atoms with Crippen LogP contribution in [-0.2, 0) is 0 Å². The minimum Gasteiger partial charge on any atom is -0.448 e. The van der Waals surface area contributed by atoms with Gasteiger partial charge in [-0.05, 0) is 37.5 Å². The van der Waals surface area contributed by atoms with E-state index in [1.165, 1.54) is 0 Å². The van der Waals surface area contributed by atoms with Crippen LogP contribution in [-0.4, -0.2) is 22.6 Å². The molecular formula is C17H17N3O3. The molecule has 6 heteroatoms. The molecule has 2 aromatic heterocycles. The Balaban J connectivity index is 1.70. The van der Waals surface area contributed by atoms with E-state index in [0.717, 1.165) is 30.5 Å². The fourth-order valence-electron chi connectivity index (χ4n) is 2.52. The molecule has 0 aliphatic heterocycles. The maximum Gasteiger partial charge on any atom is 0.251 e. The largest absolute Gasteiger partial charge is 0.448 e. The van der Waals surface area contributed by atoms with Gasteiger partial charge in [-0.2, -0.15) is 0 Å². The van der Waals surface area contributed by atoms with Crippen LogP contribution in [0.2, 0.25) is 0 Å². The number of benzene rings is 1. The average molecular weight is 311 g/mol. The summed E-state index contributed by atoms with van der Waals surface area (Å²) in [5.74, 6) is 1.10. The van der Waals surface area contributed by atoms with Crippen molar-refractivity contribution in [2.24, 2.45) is 0 Å². The Bertz CT molecular complexity index is 861. The molecule has 0 bridgehead atoms. The number of nitrogens with one attached hydrogen (secondary N) is 1. The number of amides is 1. The van der Waals surface area contributed by atoms with Crippen LogP contribution in [0.4, 0.5) is 0 Å². The Morgan fingerprint density at radius 2 is 2.26 bits per heavy atom. The fourth-order valence-corrected chi connectivity index (χ4v) is 2.52. The predicted octanol–water partition coefficient (Wildman–Crippen LogP) is 3.50. The number of hydrogen-bond acceptors (Lipinski definition) is 5. The summed E-state index contributed by atoms with van der Waals surface area (Å²) in [5.41, 5.74) is 2.47. The molecule has 0 radical (unpaired) electrons. The number of hydrogen-bond donors (Lipinski definition) is 1. The molecule has 1 aromatic carbocycles. The highest BCUT2D eigenvalue weighted by atomic mass is 16.5. The fraction of sp³-hybridized carbons (Fsp3) is 0.353. The first kappa shape index (κ1) is 14.0. The molecule has 0 spiro atoms. The highest BCUT2D eigenvalue weighted by Gasteiger charge is 2.29. The zero-order chi connectivity index (χ0) is 15.8. The van der Waals surface area contributed by atoms with Gasteiger partial charge < -0.3 is 14.3 Å². The summed E-state index contributed by atoms with van der Waals surface area (Å²) >= 11 is 0. The van der Waals surface area contributed by atoms with Crippen molar-refractivity contribution < 1.29 is 13.7 Å². The Morgan fingerprint density at radius 3 is 3.04 bits per heavy atom. The molecule has 1 N–H and O–H groups in total. The van der Waals surface area contributed by atoms with Gasteiger partial charge in [0, 0.05) is 18.0 Å². The normalized spacial score (nSPS) is 14.3. The van der Waals surface area contributed by atoms with Crippen LogP contribution in [0.1, 0.15) is 48.4 Å². The predicted molar refractivity (Wildman–Crippen MR) is 84.1 cm³/mol. The Kier molecular flexibility index (Phi) is 3.37. The van der Waals surface area contributed by atoms with Gasteiger partial charge in [-0.15, -0.1) is 0 Å². The number of carbonyl (C=O) groups is 1. The maximum absolute atomic E-state index is 12.1. The molecule has 1 amide bonds. The molecule has 4 rings (SSSR count). The quantitative estimate of drug-likeness (QED) is 0.780. The van der Waals surface area contributed by atoms with Crippen LogP contribution < -0.4 is 5.32 Å². The third kappa shape index (κ3) is 2.60. The molecule has 1 aliphatic carbocycles. The van der Waals surface area contributed by atoms with E-state index in [1.807, 2.05) is 6.92 Å². The van der Waals surface area contributed by atoms with E-state index in [-0.39, 0.29) is 5.91 Å². The van der Waals surface area contributed by atoms with Gasteiger partial charge in [-0.3, -0.25) is 4.79 Å². The summed E-state index contributed by atoms with van der Waals surface area (Å²) in [6.07, 6.45) is 4.76. The van der Waals surface area contributed by atoms with Gasteiger partial charge in [-0.1, -0.05) is 12.1 Å². The van der Waals surface area contributed by atoms with Crippen molar-refractivity contribution in [3.05, 3.63) is 35.9 Å². The second-order valence-electron chi connectivity index (χ2n) is 5.84. The summed E-state index contributed by atoms with van der Waals surface area (Å²) in [7, 11) is 0. The van der Waals surface area contributed by atoms with Crippen molar-refractivity contribution in [3.8, 4) is 11.4 Å². The van der Waals surface area contributed by atoms with Gasteiger partial charge in [0.1, 0.15) is 17.7 Å². The lowest BCUT2D eigenvalue weighted by atomic mass is 10.1. The Hall–Kier alpha value is -2.63. The van der Waals surface area contributed by atoms with Crippen LogP contribution >= 0.6 is 0 Å². The zero-order valence-corrected chi connectivity index (χ0v) is 12.8. The lowest BCUT2D eigenvalue weighted by molar-refractivity contribution is 0.0954. The van der Waals surface area contributed by atoms with Crippen molar-refractivity contribution in [1.29, 1.82) is 0 Å². The van der Waals surface area contributed by atoms with Crippen LogP contribution in [0.25, 0.3) is 22.4 Å². The van der Waals surface area contributed by atoms with E-state index in [2.05, 4.69) is 15.5 Å². The molecule has 1 aliphatic rings. The van der Waals surface area contributed by atoms with Gasteiger partial charge in [-0.25, -0.2) is 4.98 Å². The Labute approximate surface area is 132 Å². The minimum absolute atomic E-state index is 0.0975. The summed E-state index contributed by atoms with van der Waals surface area (Å²) in [5, 5.41) is 7.73. The lowest BCUT2D eigenvalue weighted by Gasteiger charge is -2.03. The number of fused-ring (bicyclic) bond motifs is 1. The van der Waals surface area contributed by atoms with Crippen LogP contribution in [0.5, 0.6) is 0 Å². The molecule has 0 saturated heterocycles. The number of nitrogens with zero attached hydrogens (tertiary/aromatic N) is 2. The smallest absolute Gasteiger partial charge is 0.251 e. The highest BCUT2D eigenvalue weighted by Crippen LogP contribution is 2.40. The number of carbonyl (C=O) groups excluding carboxylic acids is 1. The van der Waals surface area contributed by atoms with Crippen molar-refractivity contribution in [2.45, 2.75) is 32.1 Å². The highest BCUT2D eigenvalue weighted by molar-refractivity contribution is 6.00. The topological polar surface area (TPSA) is 81.2 Å². The molecular weight excluding hydrogens is 294 g/mol. The number of aromatic nitrogens is 2. The minimum atomic E-state index is -0.0975. The van der Waals surface area contributed by atoms with Gasteiger partial charge in [0.2, 0.25) is 0 Å². The zero-order valence-electron chi connectivity index (χ0n) is 12.8. The molecule has 2 heterocycles. The van der Waals surface area contributed by atoms with Crippen LogP contribution in [0.3, 0.4) is 0 Å². The van der Waals surface area contributed by atoms with Gasteiger partial charge in [0.05, 0.1) is 5.39 Å². The van der Waals surface area contributed by atoms with Crippen molar-refractivity contribution in [3.63, 3.8) is 0 Å². The summed E-state index contributed by atoms with van der Waals surface area (Å²) in [6, 6.07) is 5.28. The number of oxazole rings is 1. The van der Waals surface area contributed by atoms with E-state index >= 15 is 0 Å². The second-order valence-corrected chi connectivity index (χ2v) is 5.84. The maximum atomic E-state index is 12.1. The van der Waals surface area contributed by atoms with Crippen molar-refractivity contribution in [1.82, 2.24) is 15.5 Å². The Morgan fingerprint density at radius 1 is 1.39 bits per heavy atom. The standard InChI is InChI=1S/C17H17N3O3/c1-2-7-18-16(21)11-5-6-14-12(8-11)15(20-23-14)13-9-22-17(19-13)10-3-4-10/h5-6,8-10H,2-4,7H2,1H3,(H,18,21). The van der Waals surface area contributed by atoms with E-state index in [0.29, 0.717) is 35.0 Å². The van der Waals surface area contributed by atoms with Crippen molar-refractivity contribution in [2.75, 3.05) is 6.54 Å². The summed E-state index contributed by atoms with van der Waals surface area (Å²) in [6.45, 7) is 2.67. The first-order chi connectivity index (χ1) is 11.3. The molecule has 1 fully saturated rings. The third-order valence-corrected chi connectivity index (χ3v) is 3.96. The van der Waals surface area contributed by atoms with E-state index in [1.54, 1.807) is 24.5 Å². The molecule has 1 saturated carbocycles. The second kappa shape index (κ2) is 5.53. The monoisotopic (exact) mass is 311 g/mol. The lowest BCUT2D eigenvalue weighted by Crippen LogP contribution is -2.23. The molecule has 3 aromatic rings. The first-order valence-electron chi connectivity index (χ1n) is 7.89. The molecule has 118 valence electrons. The van der Waals surface area contributed by atoms with Gasteiger partial charge in [0.25, 0.3) is 5.91 Å². The van der Waals surface area contributed by atoms with E-state index in [9.17, 15) is 4.79 Å². The van der Waals surface area contributed by atoms with Crippen molar-refractivity contribution >= 4 is 16.9 Å². The molecule has 23 heavy (non-hydrogen) atoms. The molecule has 0 atom stereocenters. The van der Waals surface area contributed by atoms with Gasteiger partial charge >= 0.3 is 0 Å². The first-order valence-corrected chi connectivity index (χ1v) is 7.89. The van der Waals surface area contributed by atoms with Gasteiger partial charge in [0.15, 0.2) is 11.5 Å². The van der Waals surface area contributed by atoms with E-state index < -0.39 is 0 Å². The molecule has 0 unspecified atom stereocenters. The summed E-state index contributed by atoms with van der Waals surface area (Å²) < 4.78 is 10.9. The third-order valence-electron chi connectivity index (χ3n) is 3.96. The summed E-state index contributed by atoms with van der Waals surface area (Å²) in [4.78, 5) is 16.6. The van der Waals surface area contributed by atoms with Crippen LogP contribution in [0.15, 0.2) is 33.4 Å². The van der Waals surface area contributed by atoms with Crippen LogP contribution in [0, 0.1) is 0 Å². The van der Waals surface area contributed by atoms with E-state index in [4.69, 9.17) is 8.94 Å². The molecule has 6 nitrogen and oxygen atoms in total.